The Kier molecular flexibility index (Phi) is 8.14. The third-order valence-electron chi connectivity index (χ3n) is 6.52. The molecule has 0 aliphatic rings. The Balaban J connectivity index is 1.53. The molecule has 41 heavy (non-hydrogen) atoms. The number of aryl methyl sites for hydroxylation is 1. The van der Waals surface area contributed by atoms with Gasteiger partial charge in [-0.05, 0) is 25.0 Å². The second-order valence-corrected chi connectivity index (χ2v) is 9.81. The molecule has 11 nitrogen and oxygen atoms in total. The summed E-state index contributed by atoms with van der Waals surface area (Å²) in [5, 5.41) is 3.82. The molecule has 0 aliphatic carbocycles. The number of nitrogens with zero attached hydrogens (tertiary/aromatic N) is 6. The molecule has 0 radical (unpaired) electrons. The Morgan fingerprint density at radius 3 is 2.34 bits per heavy atom. The van der Waals surface area contributed by atoms with Crippen LogP contribution in [-0.2, 0) is 12.8 Å². The zero-order chi connectivity index (χ0) is 28.9. The third kappa shape index (κ3) is 5.84. The average Bonchev–Trinajstić information content (AvgIpc) is 3.42. The summed E-state index contributed by atoms with van der Waals surface area (Å²) in [6.45, 7) is 8.44. The van der Waals surface area contributed by atoms with Gasteiger partial charge in [0.2, 0.25) is 5.95 Å². The van der Waals surface area contributed by atoms with Crippen LogP contribution in [0.3, 0.4) is 0 Å². The van der Waals surface area contributed by atoms with Gasteiger partial charge in [0.15, 0.2) is 11.6 Å². The molecule has 4 heterocycles. The van der Waals surface area contributed by atoms with Gasteiger partial charge in [-0.15, -0.1) is 0 Å². The summed E-state index contributed by atoms with van der Waals surface area (Å²) in [5.41, 5.74) is 4.19. The Morgan fingerprint density at radius 2 is 1.73 bits per heavy atom. The van der Waals surface area contributed by atoms with Crippen molar-refractivity contribution in [3.63, 3.8) is 0 Å². The van der Waals surface area contributed by atoms with Crippen LogP contribution >= 0.6 is 0 Å². The van der Waals surface area contributed by atoms with Crippen LogP contribution in [0.15, 0.2) is 69.1 Å². The number of hydrogen-bond acceptors (Lipinski definition) is 9. The molecule has 0 bridgehead atoms. The maximum Gasteiger partial charge on any atom is 0.439 e. The van der Waals surface area contributed by atoms with Gasteiger partial charge in [-0.3, -0.25) is 19.3 Å². The third-order valence-corrected chi connectivity index (χ3v) is 6.52. The number of benzene rings is 1. The van der Waals surface area contributed by atoms with E-state index in [-0.39, 0.29) is 17.4 Å². The highest BCUT2D eigenvalue weighted by Gasteiger charge is 2.21. The molecule has 5 aromatic rings. The lowest BCUT2D eigenvalue weighted by Crippen LogP contribution is -2.31. The molecular formula is C30H31N7O4. The van der Waals surface area contributed by atoms with Crippen molar-refractivity contribution in [1.29, 1.82) is 0 Å². The molecule has 0 amide bonds. The van der Waals surface area contributed by atoms with E-state index in [9.17, 15) is 9.59 Å². The normalized spacial score (nSPS) is 11.2. The maximum absolute atomic E-state index is 14.0. The van der Waals surface area contributed by atoms with Gasteiger partial charge in [0.05, 0.1) is 30.4 Å². The van der Waals surface area contributed by atoms with Crippen molar-refractivity contribution in [2.24, 2.45) is 0 Å². The number of ether oxygens (including phenoxy) is 1. The van der Waals surface area contributed by atoms with E-state index in [4.69, 9.17) is 9.72 Å². The number of hydrogen-bond donors (Lipinski definition) is 1. The summed E-state index contributed by atoms with van der Waals surface area (Å²) in [7, 11) is 0. The first kappa shape index (κ1) is 27.6. The van der Waals surface area contributed by atoms with Crippen molar-refractivity contribution in [2.75, 3.05) is 6.61 Å². The predicted molar refractivity (Wildman–Crippen MR) is 153 cm³/mol. The molecule has 210 valence electrons. The second kappa shape index (κ2) is 12.1. The van der Waals surface area contributed by atoms with Gasteiger partial charge in [-0.25, -0.2) is 24.3 Å². The molecular weight excluding hydrogens is 522 g/mol. The first-order valence-corrected chi connectivity index (χ1v) is 13.6. The lowest BCUT2D eigenvalue weighted by molar-refractivity contribution is 0.337. The highest BCUT2D eigenvalue weighted by molar-refractivity contribution is 5.78. The SMILES string of the molecule is CCCc1nc(C(C)C)n(-c2ncc(OCC)cn2)c(=O)c1Cc1ccc(-c2ccccc2-c2noc(=O)[nH]2)nc1. The van der Waals surface area contributed by atoms with Crippen LogP contribution in [0.4, 0.5) is 0 Å². The molecule has 4 aromatic heterocycles. The molecule has 0 atom stereocenters. The van der Waals surface area contributed by atoms with Gasteiger partial charge in [0.1, 0.15) is 5.82 Å². The smallest absolute Gasteiger partial charge is 0.439 e. The summed E-state index contributed by atoms with van der Waals surface area (Å²) in [6, 6.07) is 11.3. The van der Waals surface area contributed by atoms with Gasteiger partial charge < -0.3 is 4.74 Å². The van der Waals surface area contributed by atoms with Crippen molar-refractivity contribution < 1.29 is 9.26 Å². The zero-order valence-electron chi connectivity index (χ0n) is 23.4. The zero-order valence-corrected chi connectivity index (χ0v) is 23.4. The molecule has 1 aromatic carbocycles. The highest BCUT2D eigenvalue weighted by atomic mass is 16.5. The highest BCUT2D eigenvalue weighted by Crippen LogP contribution is 2.28. The minimum atomic E-state index is -0.626. The van der Waals surface area contributed by atoms with E-state index in [0.29, 0.717) is 53.7 Å². The lowest BCUT2D eigenvalue weighted by atomic mass is 10.0. The topological polar surface area (TPSA) is 142 Å². The van der Waals surface area contributed by atoms with Crippen molar-refractivity contribution in [3.05, 3.63) is 98.5 Å². The van der Waals surface area contributed by atoms with E-state index in [1.807, 2.05) is 57.2 Å². The molecule has 1 N–H and O–H groups in total. The number of nitrogens with one attached hydrogen (secondary N) is 1. The number of pyridine rings is 1. The Bertz CT molecular complexity index is 1750. The standard InChI is InChI=1S/C30H31N7O4/c1-5-9-25-23(28(38)37(27(34-25)18(3)4)29-32-16-20(17-33-29)40-6-2)14-19-12-13-24(31-15-19)21-10-7-8-11-22(21)26-35-30(39)41-36-26/h7-8,10-13,15-18H,5-6,9,14H2,1-4H3,(H,35,36,39). The Hall–Kier alpha value is -4.93. The largest absolute Gasteiger partial charge is 0.491 e. The fourth-order valence-corrected chi connectivity index (χ4v) is 4.64. The predicted octanol–water partition coefficient (Wildman–Crippen LogP) is 4.49. The molecule has 0 spiro atoms. The van der Waals surface area contributed by atoms with E-state index in [0.717, 1.165) is 23.2 Å². The van der Waals surface area contributed by atoms with E-state index in [1.165, 1.54) is 4.57 Å². The van der Waals surface area contributed by atoms with Crippen LogP contribution in [0.1, 0.15) is 62.7 Å². The molecule has 11 heteroatoms. The van der Waals surface area contributed by atoms with Gasteiger partial charge in [0, 0.05) is 35.2 Å². The molecule has 0 saturated heterocycles. The minimum Gasteiger partial charge on any atom is -0.491 e. The van der Waals surface area contributed by atoms with Gasteiger partial charge in [-0.2, -0.15) is 0 Å². The molecule has 0 aliphatic heterocycles. The molecule has 0 saturated carbocycles. The molecule has 0 unspecified atom stereocenters. The number of rotatable bonds is 10. The van der Waals surface area contributed by atoms with E-state index in [1.54, 1.807) is 18.6 Å². The Labute approximate surface area is 236 Å². The van der Waals surface area contributed by atoms with Crippen LogP contribution in [0.25, 0.3) is 28.6 Å². The van der Waals surface area contributed by atoms with Crippen LogP contribution in [-0.4, -0.2) is 41.3 Å². The number of H-pyrrole nitrogens is 1. The fraction of sp³-hybridized carbons (Fsp3) is 0.300. The molecule has 0 fully saturated rings. The van der Waals surface area contributed by atoms with Gasteiger partial charge >= 0.3 is 5.76 Å². The Morgan fingerprint density at radius 1 is 0.976 bits per heavy atom. The van der Waals surface area contributed by atoms with Crippen LogP contribution in [0, 0.1) is 0 Å². The van der Waals surface area contributed by atoms with E-state index in [2.05, 4.69) is 36.5 Å². The number of aromatic nitrogens is 7. The maximum atomic E-state index is 14.0. The fourth-order valence-electron chi connectivity index (χ4n) is 4.64. The van der Waals surface area contributed by atoms with E-state index < -0.39 is 5.76 Å². The van der Waals surface area contributed by atoms with E-state index >= 15 is 0 Å². The first-order chi connectivity index (χ1) is 19.9. The summed E-state index contributed by atoms with van der Waals surface area (Å²) in [4.78, 5) is 46.6. The van der Waals surface area contributed by atoms with Crippen molar-refractivity contribution in [1.82, 2.24) is 34.6 Å². The van der Waals surface area contributed by atoms with Gasteiger partial charge in [-0.1, -0.05) is 62.7 Å². The summed E-state index contributed by atoms with van der Waals surface area (Å²) >= 11 is 0. The quantitative estimate of drug-likeness (QED) is 0.265. The minimum absolute atomic E-state index is 0.0248. The van der Waals surface area contributed by atoms with Crippen LogP contribution in [0.2, 0.25) is 0 Å². The van der Waals surface area contributed by atoms with Crippen LogP contribution in [0.5, 0.6) is 5.75 Å². The summed E-state index contributed by atoms with van der Waals surface area (Å²) in [6.07, 6.45) is 6.75. The van der Waals surface area contributed by atoms with Crippen molar-refractivity contribution >= 4 is 0 Å². The van der Waals surface area contributed by atoms with Crippen molar-refractivity contribution in [2.45, 2.75) is 52.9 Å². The number of aromatic amines is 1. The van der Waals surface area contributed by atoms with Gasteiger partial charge in [0.25, 0.3) is 5.56 Å². The summed E-state index contributed by atoms with van der Waals surface area (Å²) < 4.78 is 11.7. The van der Waals surface area contributed by atoms with Crippen LogP contribution < -0.4 is 16.1 Å². The lowest BCUT2D eigenvalue weighted by Gasteiger charge is -2.18. The van der Waals surface area contributed by atoms with Crippen molar-refractivity contribution in [3.8, 4) is 34.3 Å². The monoisotopic (exact) mass is 553 g/mol. The molecule has 5 rings (SSSR count). The summed E-state index contributed by atoms with van der Waals surface area (Å²) in [5.74, 6) is 1.09. The second-order valence-electron chi connectivity index (χ2n) is 9.81. The first-order valence-electron chi connectivity index (χ1n) is 13.6. The average molecular weight is 554 g/mol.